The summed E-state index contributed by atoms with van der Waals surface area (Å²) in [6.07, 6.45) is 6.56. The minimum absolute atomic E-state index is 0.627. The van der Waals surface area contributed by atoms with E-state index in [1.807, 2.05) is 0 Å². The monoisotopic (exact) mass is 223 g/mol. The molecule has 0 bridgehead atoms. The van der Waals surface area contributed by atoms with Crippen molar-refractivity contribution in [1.82, 2.24) is 15.5 Å². The first-order chi connectivity index (χ1) is 7.63. The molecule has 3 aliphatic rings. The Morgan fingerprint density at radius 3 is 2.19 bits per heavy atom. The van der Waals surface area contributed by atoms with Gasteiger partial charge in [-0.05, 0) is 45.4 Å². The largest absolute Gasteiger partial charge is 0.299 e. The van der Waals surface area contributed by atoms with Crippen molar-refractivity contribution in [3.63, 3.8) is 0 Å². The van der Waals surface area contributed by atoms with Crippen molar-refractivity contribution in [3.05, 3.63) is 0 Å². The van der Waals surface area contributed by atoms with Crippen LogP contribution in [0.4, 0.5) is 0 Å². The van der Waals surface area contributed by atoms with E-state index in [1.165, 1.54) is 25.7 Å². The predicted octanol–water partition coefficient (Wildman–Crippen LogP) is 1.50. The highest BCUT2D eigenvalue weighted by Crippen LogP contribution is 2.36. The molecule has 0 aromatic carbocycles. The molecule has 6 atom stereocenters. The van der Waals surface area contributed by atoms with Crippen molar-refractivity contribution >= 4 is 0 Å². The molecule has 0 saturated carbocycles. The summed E-state index contributed by atoms with van der Waals surface area (Å²) in [6.45, 7) is 7.09. The van der Waals surface area contributed by atoms with Crippen LogP contribution in [0.15, 0.2) is 0 Å². The second-order valence-electron chi connectivity index (χ2n) is 6.32. The fourth-order valence-electron chi connectivity index (χ4n) is 4.10. The van der Waals surface area contributed by atoms with Crippen LogP contribution in [-0.4, -0.2) is 35.4 Å². The maximum Gasteiger partial charge on any atom is 0.0630 e. The van der Waals surface area contributed by atoms with E-state index >= 15 is 0 Å². The van der Waals surface area contributed by atoms with E-state index < -0.39 is 0 Å². The first-order valence-electron chi connectivity index (χ1n) is 6.93. The van der Waals surface area contributed by atoms with Crippen LogP contribution in [-0.2, 0) is 0 Å². The van der Waals surface area contributed by atoms with Gasteiger partial charge in [-0.25, -0.2) is 0 Å². The van der Waals surface area contributed by atoms with Crippen LogP contribution in [0.3, 0.4) is 0 Å². The summed E-state index contributed by atoms with van der Waals surface area (Å²) >= 11 is 0. The third-order valence-corrected chi connectivity index (χ3v) is 4.60. The van der Waals surface area contributed by atoms with Crippen LogP contribution in [0, 0.1) is 5.92 Å². The SMILES string of the molecule is CC1CC2CC(C)NC3CC(C)NC(C1)N23. The highest BCUT2D eigenvalue weighted by molar-refractivity contribution is 4.99. The Kier molecular flexibility index (Phi) is 2.73. The van der Waals surface area contributed by atoms with Gasteiger partial charge in [-0.3, -0.25) is 15.5 Å². The van der Waals surface area contributed by atoms with Gasteiger partial charge in [-0.15, -0.1) is 0 Å². The molecule has 3 saturated heterocycles. The molecular formula is C13H25N3. The maximum atomic E-state index is 3.78. The quantitative estimate of drug-likeness (QED) is 0.652. The third-order valence-electron chi connectivity index (χ3n) is 4.60. The topological polar surface area (TPSA) is 27.3 Å². The van der Waals surface area contributed by atoms with Gasteiger partial charge < -0.3 is 0 Å². The van der Waals surface area contributed by atoms with Crippen LogP contribution >= 0.6 is 0 Å². The Hall–Kier alpha value is -0.120. The van der Waals surface area contributed by atoms with Crippen molar-refractivity contribution in [3.8, 4) is 0 Å². The van der Waals surface area contributed by atoms with Gasteiger partial charge in [-0.1, -0.05) is 6.92 Å². The molecule has 2 N–H and O–H groups in total. The molecule has 3 nitrogen and oxygen atoms in total. The molecule has 0 amide bonds. The van der Waals surface area contributed by atoms with Crippen molar-refractivity contribution < 1.29 is 0 Å². The van der Waals surface area contributed by atoms with Crippen LogP contribution in [0.25, 0.3) is 0 Å². The molecule has 0 aromatic rings. The van der Waals surface area contributed by atoms with E-state index in [-0.39, 0.29) is 0 Å². The molecule has 0 aliphatic carbocycles. The Balaban J connectivity index is 1.83. The summed E-state index contributed by atoms with van der Waals surface area (Å²) in [6, 6.07) is 2.17. The highest BCUT2D eigenvalue weighted by Gasteiger charge is 2.45. The van der Waals surface area contributed by atoms with Gasteiger partial charge >= 0.3 is 0 Å². The summed E-state index contributed by atoms with van der Waals surface area (Å²) in [5, 5.41) is 7.56. The second-order valence-corrected chi connectivity index (χ2v) is 6.32. The van der Waals surface area contributed by atoms with Crippen LogP contribution in [0.2, 0.25) is 0 Å². The van der Waals surface area contributed by atoms with Crippen molar-refractivity contribution in [2.45, 2.75) is 76.9 Å². The summed E-state index contributed by atoms with van der Waals surface area (Å²) in [7, 11) is 0. The number of hydrogen-bond donors (Lipinski definition) is 2. The van der Waals surface area contributed by atoms with Gasteiger partial charge in [0.15, 0.2) is 0 Å². The summed E-state index contributed by atoms with van der Waals surface area (Å²) < 4.78 is 0. The van der Waals surface area contributed by atoms with Gasteiger partial charge in [0.2, 0.25) is 0 Å². The predicted molar refractivity (Wildman–Crippen MR) is 66.0 cm³/mol. The Labute approximate surface area is 99.0 Å². The number of nitrogens with zero attached hydrogens (tertiary/aromatic N) is 1. The molecule has 3 aliphatic heterocycles. The van der Waals surface area contributed by atoms with Crippen LogP contribution in [0.5, 0.6) is 0 Å². The van der Waals surface area contributed by atoms with Crippen molar-refractivity contribution in [1.29, 1.82) is 0 Å². The van der Waals surface area contributed by atoms with E-state index in [4.69, 9.17) is 0 Å². The van der Waals surface area contributed by atoms with E-state index in [9.17, 15) is 0 Å². The second kappa shape index (κ2) is 3.97. The molecule has 0 spiro atoms. The first-order valence-corrected chi connectivity index (χ1v) is 6.93. The van der Waals surface area contributed by atoms with Crippen molar-refractivity contribution in [2.75, 3.05) is 0 Å². The lowest BCUT2D eigenvalue weighted by atomic mass is 9.82. The van der Waals surface area contributed by atoms with Crippen LogP contribution < -0.4 is 10.6 Å². The average molecular weight is 223 g/mol. The normalized spacial score (nSPS) is 53.4. The number of rotatable bonds is 0. The molecule has 0 radical (unpaired) electrons. The lowest BCUT2D eigenvalue weighted by Gasteiger charge is -2.57. The maximum absolute atomic E-state index is 3.78. The van der Waals surface area contributed by atoms with E-state index in [1.54, 1.807) is 0 Å². The van der Waals surface area contributed by atoms with Gasteiger partial charge in [0, 0.05) is 18.1 Å². The zero-order valence-electron chi connectivity index (χ0n) is 10.7. The number of nitrogens with one attached hydrogen (secondary N) is 2. The summed E-state index contributed by atoms with van der Waals surface area (Å²) in [4.78, 5) is 2.74. The number of hydrogen-bond acceptors (Lipinski definition) is 3. The third kappa shape index (κ3) is 1.79. The molecule has 92 valence electrons. The van der Waals surface area contributed by atoms with Gasteiger partial charge in [0.1, 0.15) is 0 Å². The molecule has 3 heterocycles. The highest BCUT2D eigenvalue weighted by atomic mass is 15.4. The van der Waals surface area contributed by atoms with Gasteiger partial charge in [-0.2, -0.15) is 0 Å². The lowest BCUT2D eigenvalue weighted by Crippen LogP contribution is -2.72. The molecule has 3 fully saturated rings. The fourth-order valence-corrected chi connectivity index (χ4v) is 4.10. The molecule has 6 unspecified atom stereocenters. The summed E-state index contributed by atoms with van der Waals surface area (Å²) in [5.74, 6) is 0.884. The van der Waals surface area contributed by atoms with E-state index in [0.717, 1.165) is 12.0 Å². The molecule has 3 heteroatoms. The minimum atomic E-state index is 0.627. The standard InChI is InChI=1S/C13H25N3/c1-8-4-11-6-9(2)14-13-7-10(3)15-12(5-8)16(11)13/h8-15H,4-7H2,1-3H3. The Morgan fingerprint density at radius 2 is 1.44 bits per heavy atom. The Bertz CT molecular complexity index is 207. The van der Waals surface area contributed by atoms with E-state index in [0.29, 0.717) is 24.4 Å². The fraction of sp³-hybridized carbons (Fsp3) is 1.00. The van der Waals surface area contributed by atoms with Gasteiger partial charge in [0.25, 0.3) is 0 Å². The molecular weight excluding hydrogens is 198 g/mol. The Morgan fingerprint density at radius 1 is 0.812 bits per heavy atom. The van der Waals surface area contributed by atoms with E-state index in [2.05, 4.69) is 36.3 Å². The zero-order chi connectivity index (χ0) is 11.3. The van der Waals surface area contributed by atoms with Gasteiger partial charge in [0.05, 0.1) is 12.3 Å². The molecule has 0 aromatic heterocycles. The zero-order valence-corrected chi connectivity index (χ0v) is 10.7. The number of piperidine rings is 1. The molecule has 16 heavy (non-hydrogen) atoms. The lowest BCUT2D eigenvalue weighted by molar-refractivity contribution is -0.0790. The summed E-state index contributed by atoms with van der Waals surface area (Å²) in [5.41, 5.74) is 0. The smallest absolute Gasteiger partial charge is 0.0630 e. The minimum Gasteiger partial charge on any atom is -0.299 e. The average Bonchev–Trinajstić information content (AvgIpc) is 2.14. The molecule has 3 rings (SSSR count). The first kappa shape index (κ1) is 11.0. The van der Waals surface area contributed by atoms with Crippen molar-refractivity contribution in [2.24, 2.45) is 5.92 Å². The van der Waals surface area contributed by atoms with Crippen LogP contribution in [0.1, 0.15) is 46.5 Å².